The van der Waals surface area contributed by atoms with Crippen molar-refractivity contribution in [3.8, 4) is 0 Å². The molecule has 0 saturated carbocycles. The van der Waals surface area contributed by atoms with Crippen molar-refractivity contribution in [2.75, 3.05) is 19.6 Å². The molecule has 92 valence electrons. The third-order valence-electron chi connectivity index (χ3n) is 2.13. The van der Waals surface area contributed by atoms with Crippen LogP contribution < -0.4 is 5.43 Å². The van der Waals surface area contributed by atoms with E-state index in [1.807, 2.05) is 5.43 Å². The van der Waals surface area contributed by atoms with E-state index in [0.717, 1.165) is 0 Å². The maximum absolute atomic E-state index is 11.8. The SMILES string of the molecule is O=C(O)N1CCC(=NNCC(F)(F)F)CC1. The Morgan fingerprint density at radius 2 is 2.00 bits per heavy atom. The second-order valence-electron chi connectivity index (χ2n) is 3.40. The lowest BCUT2D eigenvalue weighted by molar-refractivity contribution is -0.124. The summed E-state index contributed by atoms with van der Waals surface area (Å²) < 4.78 is 35.3. The minimum absolute atomic E-state index is 0.280. The number of hydrogen-bond acceptors (Lipinski definition) is 3. The van der Waals surface area contributed by atoms with Crippen molar-refractivity contribution in [2.24, 2.45) is 5.10 Å². The van der Waals surface area contributed by atoms with Gasteiger partial charge in [0, 0.05) is 31.6 Å². The van der Waals surface area contributed by atoms with E-state index in [2.05, 4.69) is 5.10 Å². The van der Waals surface area contributed by atoms with Gasteiger partial charge >= 0.3 is 12.3 Å². The normalized spacial score (nSPS) is 17.2. The van der Waals surface area contributed by atoms with E-state index in [1.165, 1.54) is 4.90 Å². The molecule has 0 aromatic carbocycles. The van der Waals surface area contributed by atoms with Crippen LogP contribution in [-0.2, 0) is 0 Å². The summed E-state index contributed by atoms with van der Waals surface area (Å²) in [5.41, 5.74) is 2.51. The number of piperidine rings is 1. The van der Waals surface area contributed by atoms with Crippen LogP contribution in [0.4, 0.5) is 18.0 Å². The third-order valence-corrected chi connectivity index (χ3v) is 2.13. The van der Waals surface area contributed by atoms with Gasteiger partial charge in [0.25, 0.3) is 0 Å². The molecule has 0 atom stereocenters. The Bertz CT molecular complexity index is 281. The van der Waals surface area contributed by atoms with Crippen molar-refractivity contribution in [3.63, 3.8) is 0 Å². The maximum atomic E-state index is 11.8. The zero-order chi connectivity index (χ0) is 12.2. The quantitative estimate of drug-likeness (QED) is 0.713. The lowest BCUT2D eigenvalue weighted by Crippen LogP contribution is -2.38. The van der Waals surface area contributed by atoms with Gasteiger partial charge in [-0.1, -0.05) is 0 Å². The molecule has 1 heterocycles. The largest absolute Gasteiger partial charge is 0.465 e. The molecule has 0 aliphatic carbocycles. The van der Waals surface area contributed by atoms with Crippen LogP contribution in [0.2, 0.25) is 0 Å². The number of likely N-dealkylation sites (tertiary alicyclic amines) is 1. The number of rotatable bonds is 2. The van der Waals surface area contributed by atoms with Gasteiger partial charge < -0.3 is 15.4 Å². The second kappa shape index (κ2) is 5.04. The molecule has 1 amide bonds. The summed E-state index contributed by atoms with van der Waals surface area (Å²) in [6.07, 6.45) is -4.55. The zero-order valence-electron chi connectivity index (χ0n) is 8.42. The lowest BCUT2D eigenvalue weighted by Gasteiger charge is -2.24. The molecule has 0 aromatic rings. The number of alkyl halides is 3. The van der Waals surface area contributed by atoms with E-state index in [4.69, 9.17) is 5.11 Å². The first-order valence-electron chi connectivity index (χ1n) is 4.71. The summed E-state index contributed by atoms with van der Waals surface area (Å²) in [7, 11) is 0. The summed E-state index contributed by atoms with van der Waals surface area (Å²) in [6, 6.07) is 0. The Morgan fingerprint density at radius 1 is 1.44 bits per heavy atom. The standard InChI is InChI=1S/C8H12F3N3O2/c9-8(10,11)5-12-13-6-1-3-14(4-2-6)7(15)16/h12H,1-5H2,(H,15,16). The van der Waals surface area contributed by atoms with Crippen LogP contribution in [0, 0.1) is 0 Å². The van der Waals surface area contributed by atoms with Gasteiger partial charge in [-0.3, -0.25) is 0 Å². The van der Waals surface area contributed by atoms with Crippen molar-refractivity contribution < 1.29 is 23.1 Å². The zero-order valence-corrected chi connectivity index (χ0v) is 8.42. The molecule has 5 nitrogen and oxygen atoms in total. The average molecular weight is 239 g/mol. The molecule has 8 heteroatoms. The first-order valence-corrected chi connectivity index (χ1v) is 4.71. The van der Waals surface area contributed by atoms with E-state index < -0.39 is 18.8 Å². The first-order chi connectivity index (χ1) is 7.38. The summed E-state index contributed by atoms with van der Waals surface area (Å²) in [5.74, 6) is 0. The van der Waals surface area contributed by atoms with Crippen molar-refractivity contribution in [1.29, 1.82) is 0 Å². The molecule has 0 bridgehead atoms. The number of amides is 1. The highest BCUT2D eigenvalue weighted by atomic mass is 19.4. The van der Waals surface area contributed by atoms with E-state index in [1.54, 1.807) is 0 Å². The Kier molecular flexibility index (Phi) is 3.97. The van der Waals surface area contributed by atoms with Crippen molar-refractivity contribution in [2.45, 2.75) is 19.0 Å². The molecule has 0 spiro atoms. The molecule has 1 rings (SSSR count). The molecule has 1 aliphatic rings. The van der Waals surface area contributed by atoms with Crippen LogP contribution in [0.25, 0.3) is 0 Å². The van der Waals surface area contributed by atoms with Gasteiger partial charge in [0.05, 0.1) is 0 Å². The Balaban J connectivity index is 2.31. The molecule has 0 aromatic heterocycles. The van der Waals surface area contributed by atoms with E-state index >= 15 is 0 Å². The molecular formula is C8H12F3N3O2. The van der Waals surface area contributed by atoms with Crippen LogP contribution in [0.5, 0.6) is 0 Å². The molecule has 2 N–H and O–H groups in total. The first kappa shape index (κ1) is 12.6. The van der Waals surface area contributed by atoms with Crippen LogP contribution in [-0.4, -0.2) is 47.6 Å². The van der Waals surface area contributed by atoms with E-state index in [-0.39, 0.29) is 13.1 Å². The van der Waals surface area contributed by atoms with Crippen LogP contribution in [0.1, 0.15) is 12.8 Å². The Hall–Kier alpha value is -1.47. The number of carboxylic acid groups (broad SMARTS) is 1. The predicted molar refractivity (Wildman–Crippen MR) is 50.3 cm³/mol. The minimum Gasteiger partial charge on any atom is -0.465 e. The number of carbonyl (C=O) groups is 1. The predicted octanol–water partition coefficient (Wildman–Crippen LogP) is 1.27. The molecule has 0 radical (unpaired) electrons. The molecule has 0 unspecified atom stereocenters. The highest BCUT2D eigenvalue weighted by Gasteiger charge is 2.26. The Labute approximate surface area is 89.9 Å². The summed E-state index contributed by atoms with van der Waals surface area (Å²) >= 11 is 0. The fourth-order valence-corrected chi connectivity index (χ4v) is 1.31. The number of hydrogen-bond donors (Lipinski definition) is 2. The van der Waals surface area contributed by atoms with Gasteiger partial charge in [0.15, 0.2) is 0 Å². The van der Waals surface area contributed by atoms with Crippen molar-refractivity contribution in [3.05, 3.63) is 0 Å². The summed E-state index contributed by atoms with van der Waals surface area (Å²) in [5, 5.41) is 12.2. The smallest absolute Gasteiger partial charge is 0.407 e. The van der Waals surface area contributed by atoms with E-state index in [0.29, 0.717) is 18.6 Å². The van der Waals surface area contributed by atoms with Gasteiger partial charge in [-0.15, -0.1) is 0 Å². The number of hydrazone groups is 1. The maximum Gasteiger partial charge on any atom is 0.407 e. The molecule has 1 fully saturated rings. The highest BCUT2D eigenvalue weighted by molar-refractivity contribution is 5.86. The molecule has 1 aliphatic heterocycles. The van der Waals surface area contributed by atoms with Crippen LogP contribution in [0.15, 0.2) is 5.10 Å². The third kappa shape index (κ3) is 4.37. The van der Waals surface area contributed by atoms with Crippen molar-refractivity contribution >= 4 is 11.8 Å². The number of nitrogens with zero attached hydrogens (tertiary/aromatic N) is 2. The average Bonchev–Trinajstić information content (AvgIpc) is 2.16. The van der Waals surface area contributed by atoms with Crippen LogP contribution in [0.3, 0.4) is 0 Å². The fourth-order valence-electron chi connectivity index (χ4n) is 1.31. The number of nitrogens with one attached hydrogen (secondary N) is 1. The topological polar surface area (TPSA) is 64.9 Å². The highest BCUT2D eigenvalue weighted by Crippen LogP contribution is 2.12. The van der Waals surface area contributed by atoms with Gasteiger partial charge in [0.1, 0.15) is 6.54 Å². The lowest BCUT2D eigenvalue weighted by atomic mass is 10.1. The molecule has 1 saturated heterocycles. The fraction of sp³-hybridized carbons (Fsp3) is 0.750. The Morgan fingerprint density at radius 3 is 2.44 bits per heavy atom. The van der Waals surface area contributed by atoms with E-state index in [9.17, 15) is 18.0 Å². The monoisotopic (exact) mass is 239 g/mol. The van der Waals surface area contributed by atoms with Gasteiger partial charge in [-0.05, 0) is 0 Å². The van der Waals surface area contributed by atoms with Crippen molar-refractivity contribution in [1.82, 2.24) is 10.3 Å². The molecular weight excluding hydrogens is 227 g/mol. The van der Waals surface area contributed by atoms with Gasteiger partial charge in [0.2, 0.25) is 0 Å². The summed E-state index contributed by atoms with van der Waals surface area (Å²) in [6.45, 7) is -0.608. The second-order valence-corrected chi connectivity index (χ2v) is 3.40. The minimum atomic E-state index is -4.29. The number of halogens is 3. The van der Waals surface area contributed by atoms with Crippen LogP contribution >= 0.6 is 0 Å². The molecule has 16 heavy (non-hydrogen) atoms. The summed E-state index contributed by atoms with van der Waals surface area (Å²) in [4.78, 5) is 11.7. The van der Waals surface area contributed by atoms with Gasteiger partial charge in [-0.25, -0.2) is 4.79 Å². The van der Waals surface area contributed by atoms with Gasteiger partial charge in [-0.2, -0.15) is 18.3 Å².